The van der Waals surface area contributed by atoms with Crippen LogP contribution in [0.1, 0.15) is 18.8 Å². The van der Waals surface area contributed by atoms with Crippen molar-refractivity contribution in [3.05, 3.63) is 30.0 Å². The SMILES string of the molecule is [2H]c1nc(N(C)[C@H]2CN(C(=O)C([2H])([2H])[N+]#[C-])CC[C@H]2C)c2c([2H])c[nH]c2n1. The van der Waals surface area contributed by atoms with E-state index in [0.717, 1.165) is 0 Å². The van der Waals surface area contributed by atoms with E-state index < -0.39 is 12.4 Å². The van der Waals surface area contributed by atoms with Crippen LogP contribution in [0.25, 0.3) is 15.9 Å². The van der Waals surface area contributed by atoms with Gasteiger partial charge in [0.15, 0.2) is 0 Å². The molecule has 0 bridgehead atoms. The largest absolute Gasteiger partial charge is 0.354 e. The average Bonchev–Trinajstić information content (AvgIpc) is 3.01. The van der Waals surface area contributed by atoms with E-state index in [4.69, 9.17) is 12.1 Å². The molecule has 3 rings (SSSR count). The summed E-state index contributed by atoms with van der Waals surface area (Å²) in [6.07, 6.45) is 1.96. The number of aromatic nitrogens is 3. The fourth-order valence-electron chi connectivity index (χ4n) is 3.02. The van der Waals surface area contributed by atoms with Gasteiger partial charge in [0.2, 0.25) is 0 Å². The molecule has 0 aromatic carbocycles. The van der Waals surface area contributed by atoms with Crippen molar-refractivity contribution in [2.24, 2.45) is 5.92 Å². The summed E-state index contributed by atoms with van der Waals surface area (Å²) in [6.45, 7) is 7.00. The van der Waals surface area contributed by atoms with Crippen LogP contribution in [0, 0.1) is 12.5 Å². The molecule has 3 heterocycles. The highest BCUT2D eigenvalue weighted by Crippen LogP contribution is 2.28. The molecule has 7 nitrogen and oxygen atoms in total. The summed E-state index contributed by atoms with van der Waals surface area (Å²) in [7, 11) is 1.78. The van der Waals surface area contributed by atoms with Crippen LogP contribution in [-0.4, -0.2) is 58.4 Å². The number of carbonyl (C=O) groups is 1. The Balaban J connectivity index is 1.94. The highest BCUT2D eigenvalue weighted by Gasteiger charge is 2.33. The zero-order chi connectivity index (χ0) is 19.9. The molecule has 1 amide bonds. The zero-order valence-corrected chi connectivity index (χ0v) is 13.0. The Labute approximate surface area is 140 Å². The Kier molecular flexibility index (Phi) is 2.99. The summed E-state index contributed by atoms with van der Waals surface area (Å²) >= 11 is 0. The lowest BCUT2D eigenvalue weighted by Crippen LogP contribution is -2.53. The summed E-state index contributed by atoms with van der Waals surface area (Å²) < 4.78 is 31.1. The minimum absolute atomic E-state index is 0.171. The molecule has 1 saturated heterocycles. The number of rotatable bonds is 3. The summed E-state index contributed by atoms with van der Waals surface area (Å²) in [5.41, 5.74) is 0.405. The molecule has 2 atom stereocenters. The Hall–Kier alpha value is -2.62. The van der Waals surface area contributed by atoms with Crippen molar-refractivity contribution >= 4 is 22.8 Å². The molecule has 0 unspecified atom stereocenters. The van der Waals surface area contributed by atoms with Gasteiger partial charge in [-0.1, -0.05) is 6.92 Å². The van der Waals surface area contributed by atoms with Crippen LogP contribution in [0.3, 0.4) is 0 Å². The normalized spacial score (nSPS) is 24.3. The number of H-pyrrole nitrogens is 1. The Morgan fingerprint density at radius 3 is 3.30 bits per heavy atom. The number of hydrogen-bond donors (Lipinski definition) is 1. The third kappa shape index (κ3) is 2.84. The van der Waals surface area contributed by atoms with Crippen molar-refractivity contribution in [3.63, 3.8) is 0 Å². The fourth-order valence-corrected chi connectivity index (χ4v) is 3.02. The maximum Gasteiger partial charge on any atom is 0.302 e. The number of likely N-dealkylation sites (tertiary alicyclic amines) is 1. The second-order valence-corrected chi connectivity index (χ2v) is 5.72. The maximum absolute atomic E-state index is 12.4. The topological polar surface area (TPSA) is 69.5 Å². The third-order valence-corrected chi connectivity index (χ3v) is 4.39. The number of anilines is 1. The van der Waals surface area contributed by atoms with Crippen molar-refractivity contribution in [2.45, 2.75) is 19.4 Å². The quantitative estimate of drug-likeness (QED) is 0.872. The average molecular weight is 316 g/mol. The highest BCUT2D eigenvalue weighted by molar-refractivity contribution is 5.87. The van der Waals surface area contributed by atoms with Crippen molar-refractivity contribution in [1.29, 1.82) is 0 Å². The summed E-state index contributed by atoms with van der Waals surface area (Å²) in [5, 5.41) is 0.501. The Bertz CT molecular complexity index is 924. The first kappa shape index (κ1) is 11.0. The van der Waals surface area contributed by atoms with Gasteiger partial charge in [-0.2, -0.15) is 0 Å². The van der Waals surface area contributed by atoms with E-state index in [2.05, 4.69) is 19.8 Å². The van der Waals surface area contributed by atoms with Gasteiger partial charge in [0.05, 0.1) is 12.8 Å². The molecule has 1 fully saturated rings. The van der Waals surface area contributed by atoms with E-state index in [1.165, 1.54) is 11.1 Å². The predicted molar refractivity (Wildman–Crippen MR) is 87.9 cm³/mol. The van der Waals surface area contributed by atoms with Gasteiger partial charge in [-0.05, 0) is 18.4 Å². The third-order valence-electron chi connectivity index (χ3n) is 4.39. The summed E-state index contributed by atoms with van der Waals surface area (Å²) in [5.74, 6) is -0.236. The van der Waals surface area contributed by atoms with E-state index in [1.54, 1.807) is 7.05 Å². The smallest absolute Gasteiger partial charge is 0.302 e. The predicted octanol–water partition coefficient (Wildman–Crippen LogP) is 1.55. The van der Waals surface area contributed by atoms with E-state index in [-0.39, 0.29) is 30.9 Å². The number of amides is 1. The van der Waals surface area contributed by atoms with Gasteiger partial charge < -0.3 is 19.6 Å². The first-order valence-electron chi connectivity index (χ1n) is 9.39. The molecule has 0 radical (unpaired) electrons. The molecule has 1 aliphatic heterocycles. The van der Waals surface area contributed by atoms with Crippen molar-refractivity contribution in [2.75, 3.05) is 31.5 Å². The van der Waals surface area contributed by atoms with Crippen LogP contribution in [0.5, 0.6) is 0 Å². The number of piperidine rings is 1. The van der Waals surface area contributed by atoms with Crippen LogP contribution >= 0.6 is 0 Å². The molecule has 1 aliphatic rings. The molecule has 0 spiro atoms. The van der Waals surface area contributed by atoms with Crippen LogP contribution in [0.4, 0.5) is 5.82 Å². The zero-order valence-electron chi connectivity index (χ0n) is 17.0. The molecule has 0 saturated carbocycles. The number of carbonyl (C=O) groups excluding carboxylic acids is 1. The second kappa shape index (κ2) is 6.24. The first-order chi connectivity index (χ1) is 12.7. The standard InChI is InChI=1S/C16H20N6O/c1-11-5-7-22(14(23)8-17-2)9-13(11)21(3)16-12-4-6-18-15(12)19-10-20-16/h4,6,10-11,13H,5,7-9H2,1,3H3,(H,18,19,20)/t11-,13+/m1/s1/i4D,8D2,10D. The fraction of sp³-hybridized carbons (Fsp3) is 0.500. The van der Waals surface area contributed by atoms with E-state index in [9.17, 15) is 4.79 Å². The lowest BCUT2D eigenvalue weighted by atomic mass is 9.92. The monoisotopic (exact) mass is 316 g/mol. The van der Waals surface area contributed by atoms with Gasteiger partial charge in [-0.15, -0.1) is 0 Å². The summed E-state index contributed by atoms with van der Waals surface area (Å²) in [6, 6.07) is 0.0172. The van der Waals surface area contributed by atoms with Crippen LogP contribution in [0.2, 0.25) is 0 Å². The molecule has 7 heteroatoms. The number of hydrogen-bond acceptors (Lipinski definition) is 4. The van der Waals surface area contributed by atoms with Crippen LogP contribution in [0.15, 0.2) is 18.5 Å². The van der Waals surface area contributed by atoms with Gasteiger partial charge in [0.25, 0.3) is 6.50 Å². The van der Waals surface area contributed by atoms with Gasteiger partial charge in [0.1, 0.15) is 21.9 Å². The summed E-state index contributed by atoms with van der Waals surface area (Å²) in [4.78, 5) is 29.4. The molecule has 23 heavy (non-hydrogen) atoms. The number of nitrogens with zero attached hydrogens (tertiary/aromatic N) is 5. The number of aromatic amines is 1. The second-order valence-electron chi connectivity index (χ2n) is 5.72. The molecule has 120 valence electrons. The van der Waals surface area contributed by atoms with E-state index >= 15 is 0 Å². The van der Waals surface area contributed by atoms with E-state index in [0.29, 0.717) is 29.8 Å². The van der Waals surface area contributed by atoms with Gasteiger partial charge in [0, 0.05) is 26.3 Å². The molecule has 0 aliphatic carbocycles. The van der Waals surface area contributed by atoms with Crippen molar-refractivity contribution < 1.29 is 10.3 Å². The van der Waals surface area contributed by atoms with Gasteiger partial charge in [-0.3, -0.25) is 4.79 Å². The number of fused-ring (bicyclic) bond motifs is 1. The van der Waals surface area contributed by atoms with Crippen LogP contribution in [-0.2, 0) is 4.79 Å². The molecule has 1 N–H and O–H groups in total. The first-order valence-corrected chi connectivity index (χ1v) is 7.39. The lowest BCUT2D eigenvalue weighted by molar-refractivity contribution is -0.130. The van der Waals surface area contributed by atoms with Gasteiger partial charge in [-0.25, -0.2) is 16.5 Å². The number of nitrogens with one attached hydrogen (secondary N) is 1. The van der Waals surface area contributed by atoms with E-state index in [1.807, 2.05) is 11.8 Å². The minimum atomic E-state index is -2.57. The molecule has 2 aromatic heterocycles. The lowest BCUT2D eigenvalue weighted by Gasteiger charge is -2.41. The van der Waals surface area contributed by atoms with Crippen molar-refractivity contribution in [3.8, 4) is 0 Å². The van der Waals surface area contributed by atoms with Gasteiger partial charge >= 0.3 is 5.91 Å². The van der Waals surface area contributed by atoms with Crippen LogP contribution < -0.4 is 4.90 Å². The minimum Gasteiger partial charge on any atom is -0.354 e. The number of likely N-dealkylation sites (N-methyl/N-ethyl adjacent to an activating group) is 1. The Morgan fingerprint density at radius 1 is 1.70 bits per heavy atom. The molecular weight excluding hydrogens is 292 g/mol. The maximum atomic E-state index is 12.4. The highest BCUT2D eigenvalue weighted by atomic mass is 16.2. The molecular formula is C16H20N6O. The van der Waals surface area contributed by atoms with Crippen molar-refractivity contribution in [1.82, 2.24) is 19.9 Å². The molecule has 2 aromatic rings. The Morgan fingerprint density at radius 2 is 2.52 bits per heavy atom.